The second-order valence-corrected chi connectivity index (χ2v) is 30.8. The van der Waals surface area contributed by atoms with E-state index in [-0.39, 0.29) is 105 Å². The predicted octanol–water partition coefficient (Wildman–Crippen LogP) is 8.17. The SMILES string of the molecule is Cc1c(-c2ccc(N3CCc4cccc(C(=O)Nc5nc6ccccc6s5)c4C3)nc2C(=O)O)cnn1CC12CC3(C)CC(C)(C1)CC(OCCOCCOCCN(C)C(=O)OCc1ccc(NC(=O)[C@H](CCCCNC(N)=O)NC(=O)[C@@H](NC(=O)COCCOCCN4C(=O)C=CC4=O)C(C)C)cc1)(C3)C2. The molecule has 6 aromatic rings. The second-order valence-electron chi connectivity index (χ2n) is 29.8. The van der Waals surface area contributed by atoms with Crippen molar-refractivity contribution in [2.24, 2.45) is 27.9 Å². The number of pyridine rings is 1. The molecule has 3 aromatic heterocycles. The number of hydrogen-bond donors (Lipinski definition) is 7. The van der Waals surface area contributed by atoms with Gasteiger partial charge in [-0.1, -0.05) is 75.4 Å². The summed E-state index contributed by atoms with van der Waals surface area (Å²) in [5.41, 5.74) is 11.3. The van der Waals surface area contributed by atoms with Gasteiger partial charge in [0.1, 0.15) is 31.1 Å². The van der Waals surface area contributed by atoms with Crippen LogP contribution in [0.1, 0.15) is 129 Å². The molecule has 107 heavy (non-hydrogen) atoms. The molecule has 8 N–H and O–H groups in total. The van der Waals surface area contributed by atoms with Gasteiger partial charge in [-0.3, -0.25) is 43.7 Å². The van der Waals surface area contributed by atoms with Crippen molar-refractivity contribution in [3.05, 3.63) is 131 Å². The number of ether oxygens (including phenoxy) is 6. The number of fused-ring (bicyclic) bond motifs is 2. The van der Waals surface area contributed by atoms with Crippen LogP contribution in [0.15, 0.2) is 97.2 Å². The molecule has 29 nitrogen and oxygen atoms in total. The van der Waals surface area contributed by atoms with Crippen LogP contribution in [-0.2, 0) is 78.5 Å². The van der Waals surface area contributed by atoms with Gasteiger partial charge in [0.05, 0.1) is 81.4 Å². The Balaban J connectivity index is 0.591. The first-order valence-electron chi connectivity index (χ1n) is 36.5. The van der Waals surface area contributed by atoms with Gasteiger partial charge >= 0.3 is 18.1 Å². The Morgan fingerprint density at radius 3 is 2.18 bits per heavy atom. The Morgan fingerprint density at radius 1 is 0.748 bits per heavy atom. The number of para-hydroxylation sites is 1. The molecule has 12 rings (SSSR count). The number of likely N-dealkylation sites (N-methyl/N-ethyl adjacent to an activating group) is 1. The molecular formula is C77H97N13O16S. The molecule has 0 saturated heterocycles. The quantitative estimate of drug-likeness (QED) is 0.0142. The highest BCUT2D eigenvalue weighted by Crippen LogP contribution is 2.72. The van der Waals surface area contributed by atoms with Gasteiger partial charge in [0.15, 0.2) is 10.8 Å². The maximum absolute atomic E-state index is 13.8. The minimum atomic E-state index is -1.14. The average molecular weight is 1490 g/mol. The molecule has 3 aromatic carbocycles. The van der Waals surface area contributed by atoms with E-state index in [2.05, 4.69) is 50.1 Å². The lowest BCUT2D eigenvalue weighted by atomic mass is 9.39. The Bertz CT molecular complexity index is 4210. The molecule has 4 atom stereocenters. The minimum Gasteiger partial charge on any atom is -0.476 e. The van der Waals surface area contributed by atoms with Crippen LogP contribution in [0.5, 0.6) is 0 Å². The summed E-state index contributed by atoms with van der Waals surface area (Å²) in [5.74, 6) is -3.78. The number of nitrogens with two attached hydrogens (primary N) is 1. The number of carboxylic acids is 1. The van der Waals surface area contributed by atoms with Crippen molar-refractivity contribution in [3.8, 4) is 11.1 Å². The standard InChI is InChI=1S/C77H97N13O16S/c1-49(2)65(85-62(91)41-104-35-34-102-31-29-89-63(92)23-24-64(89)93)69(96)82-59(15-9-10-26-79-71(78)99)68(95)81-53-19-17-51(18-20-53)40-105-73(100)87(6)28-30-101-32-33-103-36-37-106-77-45-74(4)42-75(5,46-77)44-76(43-74,47-77)48-90-50(3)56(38-80-90)54-21-22-61(84-66(54)70(97)98)88-27-25-52-12-11-13-55(57(52)39-88)67(94)86-72-83-58-14-7-8-16-60(58)107-72/h7-8,11-14,16-24,38,49,59,65H,9-10,15,25-37,39-48H2,1-6H3,(H,81,95)(H,82,96)(H,85,91)(H,97,98)(H3,78,79,99)(H,83,86,94)/t59-,65-,74?,75?,76?,77?/m0/s1. The molecule has 2 unspecified atom stereocenters. The molecule has 2 aliphatic heterocycles. The molecule has 4 bridgehead atoms. The highest BCUT2D eigenvalue weighted by molar-refractivity contribution is 7.22. The number of urea groups is 1. The summed E-state index contributed by atoms with van der Waals surface area (Å²) in [6, 6.07) is 21.1. The van der Waals surface area contributed by atoms with E-state index < -0.39 is 59.7 Å². The van der Waals surface area contributed by atoms with Crippen LogP contribution in [0.2, 0.25) is 0 Å². The van der Waals surface area contributed by atoms with E-state index in [1.165, 1.54) is 28.4 Å². The van der Waals surface area contributed by atoms with Gasteiger partial charge in [-0.15, -0.1) is 0 Å². The zero-order chi connectivity index (χ0) is 76.0. The number of aromatic carboxylic acids is 1. The number of carbonyl (C=O) groups excluding carboxylic acids is 8. The highest BCUT2D eigenvalue weighted by atomic mass is 32.1. The number of nitrogens with zero attached hydrogens (tertiary/aromatic N) is 7. The normalized spacial score (nSPS) is 20.4. The minimum absolute atomic E-state index is 0.0300. The lowest BCUT2D eigenvalue weighted by Gasteiger charge is -2.69. The van der Waals surface area contributed by atoms with Gasteiger partial charge in [0.2, 0.25) is 17.7 Å². The largest absolute Gasteiger partial charge is 0.476 e. The molecule has 6 aliphatic rings. The number of aromatic nitrogens is 4. The summed E-state index contributed by atoms with van der Waals surface area (Å²) >= 11 is 1.42. The van der Waals surface area contributed by atoms with Crippen molar-refractivity contribution >= 4 is 91.7 Å². The summed E-state index contributed by atoms with van der Waals surface area (Å²) in [6.45, 7) is 14.0. The number of imide groups is 1. The Morgan fingerprint density at radius 2 is 1.46 bits per heavy atom. The third-order valence-electron chi connectivity index (χ3n) is 20.5. The lowest BCUT2D eigenvalue weighted by molar-refractivity contribution is -0.250. The van der Waals surface area contributed by atoms with Crippen molar-refractivity contribution in [1.29, 1.82) is 0 Å². The highest BCUT2D eigenvalue weighted by Gasteiger charge is 2.66. The third-order valence-corrected chi connectivity index (χ3v) is 21.5. The Hall–Kier alpha value is -9.72. The van der Waals surface area contributed by atoms with Gasteiger partial charge in [-0.2, -0.15) is 5.10 Å². The van der Waals surface area contributed by atoms with Crippen molar-refractivity contribution < 1.29 is 76.7 Å². The number of benzene rings is 3. The Labute approximate surface area is 625 Å². The summed E-state index contributed by atoms with van der Waals surface area (Å²) in [7, 11) is 1.61. The van der Waals surface area contributed by atoms with E-state index in [0.717, 1.165) is 70.5 Å². The first-order chi connectivity index (χ1) is 51.3. The average Bonchev–Trinajstić information content (AvgIpc) is 0.980. The molecule has 30 heteroatoms. The van der Waals surface area contributed by atoms with Crippen molar-refractivity contribution in [3.63, 3.8) is 0 Å². The van der Waals surface area contributed by atoms with Crippen LogP contribution in [0.3, 0.4) is 0 Å². The van der Waals surface area contributed by atoms with Gasteiger partial charge < -0.3 is 70.3 Å². The van der Waals surface area contributed by atoms with Gasteiger partial charge in [0.25, 0.3) is 17.7 Å². The zero-order valence-electron chi connectivity index (χ0n) is 61.5. The number of thiazole rings is 1. The van der Waals surface area contributed by atoms with Crippen LogP contribution >= 0.6 is 11.3 Å². The van der Waals surface area contributed by atoms with Crippen LogP contribution in [0.25, 0.3) is 21.3 Å². The summed E-state index contributed by atoms with van der Waals surface area (Å²) < 4.78 is 38.2. The van der Waals surface area contributed by atoms with E-state index in [1.807, 2.05) is 66.4 Å². The number of carbonyl (C=O) groups is 9. The molecule has 4 aliphatic carbocycles. The summed E-state index contributed by atoms with van der Waals surface area (Å²) in [4.78, 5) is 129. The Kier molecular flexibility index (Phi) is 25.5. The molecule has 4 fully saturated rings. The van der Waals surface area contributed by atoms with Crippen molar-refractivity contribution in [2.75, 3.05) is 108 Å². The number of carboxylic acid groups (broad SMARTS) is 1. The van der Waals surface area contributed by atoms with E-state index in [1.54, 1.807) is 51.4 Å². The molecule has 0 radical (unpaired) electrons. The number of primary amides is 1. The fraction of sp³-hybridized carbons (Fsp3) is 0.506. The van der Waals surface area contributed by atoms with E-state index in [0.29, 0.717) is 104 Å². The fourth-order valence-electron chi connectivity index (χ4n) is 16.7. The van der Waals surface area contributed by atoms with Crippen LogP contribution in [0, 0.1) is 29.1 Å². The van der Waals surface area contributed by atoms with Crippen molar-refractivity contribution in [1.82, 2.24) is 45.5 Å². The first kappa shape index (κ1) is 78.4. The monoisotopic (exact) mass is 1490 g/mol. The topological polar surface area (TPSA) is 369 Å². The smallest absolute Gasteiger partial charge is 0.409 e. The fourth-order valence-corrected chi connectivity index (χ4v) is 17.5. The van der Waals surface area contributed by atoms with E-state index in [4.69, 9.17) is 44.2 Å². The second kappa shape index (κ2) is 34.9. The number of rotatable bonds is 38. The predicted molar refractivity (Wildman–Crippen MR) is 398 cm³/mol. The van der Waals surface area contributed by atoms with E-state index in [9.17, 15) is 48.3 Å². The molecule has 9 amide bonds. The number of hydrogen-bond acceptors (Lipinski definition) is 20. The molecule has 4 saturated carbocycles. The van der Waals surface area contributed by atoms with Crippen molar-refractivity contribution in [2.45, 2.75) is 136 Å². The van der Waals surface area contributed by atoms with Gasteiger partial charge in [-0.05, 0) is 152 Å². The third kappa shape index (κ3) is 20.1. The summed E-state index contributed by atoms with van der Waals surface area (Å²) in [6.07, 6.45) is 11.3. The maximum Gasteiger partial charge on any atom is 0.409 e. The van der Waals surface area contributed by atoms with Gasteiger partial charge in [0, 0.05) is 80.0 Å². The molecular weight excluding hydrogens is 1390 g/mol. The van der Waals surface area contributed by atoms with Crippen LogP contribution in [-0.4, -0.2) is 199 Å². The summed E-state index contributed by atoms with van der Waals surface area (Å²) in [5, 5.41) is 30.0. The van der Waals surface area contributed by atoms with Crippen LogP contribution in [0.4, 0.5) is 26.2 Å². The number of unbranched alkanes of at least 4 members (excludes halogenated alkanes) is 1. The molecule has 0 spiro atoms. The van der Waals surface area contributed by atoms with Gasteiger partial charge in [-0.25, -0.2) is 24.4 Å². The van der Waals surface area contributed by atoms with E-state index >= 15 is 0 Å². The number of anilines is 3. The number of nitrogens with one attached hydrogen (secondary N) is 5. The molecule has 5 heterocycles. The maximum atomic E-state index is 13.8. The number of amides is 9. The zero-order valence-corrected chi connectivity index (χ0v) is 62.4. The lowest BCUT2D eigenvalue weighted by Crippen LogP contribution is -2.64. The molecule has 572 valence electrons. The van der Waals surface area contributed by atoms with Crippen LogP contribution < -0.4 is 37.2 Å². The first-order valence-corrected chi connectivity index (χ1v) is 37.3.